The number of anilines is 1. The Bertz CT molecular complexity index is 844. The molecular weight excluding hydrogens is 344 g/mol. The lowest BCUT2D eigenvalue weighted by atomic mass is 10.2. The van der Waals surface area contributed by atoms with E-state index in [9.17, 15) is 4.79 Å². The molecule has 0 saturated heterocycles. The second-order valence-corrected chi connectivity index (χ2v) is 7.08. The molecule has 2 N–H and O–H groups in total. The Kier molecular flexibility index (Phi) is 6.17. The molecule has 5 nitrogen and oxygen atoms in total. The Morgan fingerprint density at radius 2 is 2.08 bits per heavy atom. The van der Waals surface area contributed by atoms with Gasteiger partial charge in [0, 0.05) is 25.3 Å². The molecule has 0 aliphatic heterocycles. The van der Waals surface area contributed by atoms with Gasteiger partial charge in [-0.2, -0.15) is 0 Å². The van der Waals surface area contributed by atoms with Crippen molar-refractivity contribution in [1.82, 2.24) is 15.3 Å². The van der Waals surface area contributed by atoms with E-state index in [1.165, 1.54) is 23.0 Å². The fourth-order valence-corrected chi connectivity index (χ4v) is 3.52. The minimum Gasteiger partial charge on any atom is -0.370 e. The molecule has 3 aromatic rings. The summed E-state index contributed by atoms with van der Waals surface area (Å²) in [4.78, 5) is 22.1. The van der Waals surface area contributed by atoms with Crippen LogP contribution >= 0.6 is 11.8 Å². The number of hydrogen-bond acceptors (Lipinski definition) is 4. The summed E-state index contributed by atoms with van der Waals surface area (Å²) in [6.07, 6.45) is 0. The number of carbonyl (C=O) groups is 1. The zero-order chi connectivity index (χ0) is 18.4. The molecule has 136 valence electrons. The molecule has 0 atom stereocenters. The van der Waals surface area contributed by atoms with Gasteiger partial charge in [0.2, 0.25) is 5.91 Å². The lowest BCUT2D eigenvalue weighted by Gasteiger charge is -2.23. The molecule has 0 fully saturated rings. The average Bonchev–Trinajstić information content (AvgIpc) is 3.06. The number of aromatic amines is 1. The molecule has 0 aliphatic rings. The maximum atomic E-state index is 12.1. The first-order valence-electron chi connectivity index (χ1n) is 8.81. The SMILES string of the molecule is CCN(CCNC(=O)CSc1nc2ccccc2[nH]1)c1cccc(C)c1. The molecule has 2 aromatic carbocycles. The van der Waals surface area contributed by atoms with Gasteiger partial charge >= 0.3 is 0 Å². The van der Waals surface area contributed by atoms with Crippen molar-refractivity contribution in [2.75, 3.05) is 30.3 Å². The number of nitrogens with one attached hydrogen (secondary N) is 2. The summed E-state index contributed by atoms with van der Waals surface area (Å²) in [6.45, 7) is 6.55. The molecule has 1 aromatic heterocycles. The highest BCUT2D eigenvalue weighted by molar-refractivity contribution is 7.99. The molecule has 3 rings (SSSR count). The van der Waals surface area contributed by atoms with E-state index in [4.69, 9.17) is 0 Å². The van der Waals surface area contributed by atoms with Crippen molar-refractivity contribution < 1.29 is 4.79 Å². The third-order valence-electron chi connectivity index (χ3n) is 4.16. The normalized spacial score (nSPS) is 10.8. The van der Waals surface area contributed by atoms with Crippen LogP contribution in [-0.2, 0) is 4.79 Å². The molecule has 1 heterocycles. The van der Waals surface area contributed by atoms with Gasteiger partial charge in [0.25, 0.3) is 0 Å². The number of likely N-dealkylation sites (N-methyl/N-ethyl adjacent to an activating group) is 1. The van der Waals surface area contributed by atoms with Crippen LogP contribution in [0, 0.1) is 6.92 Å². The molecule has 1 amide bonds. The van der Waals surface area contributed by atoms with Crippen molar-refractivity contribution in [3.8, 4) is 0 Å². The molecule has 6 heteroatoms. The number of carbonyl (C=O) groups excluding carboxylic acids is 1. The molecule has 0 unspecified atom stereocenters. The number of thioether (sulfide) groups is 1. The molecule has 26 heavy (non-hydrogen) atoms. The van der Waals surface area contributed by atoms with Gasteiger partial charge in [-0.1, -0.05) is 36.0 Å². The smallest absolute Gasteiger partial charge is 0.230 e. The van der Waals surface area contributed by atoms with E-state index >= 15 is 0 Å². The van der Waals surface area contributed by atoms with Gasteiger partial charge in [-0.15, -0.1) is 0 Å². The van der Waals surface area contributed by atoms with Gasteiger partial charge in [-0.25, -0.2) is 4.98 Å². The average molecular weight is 369 g/mol. The van der Waals surface area contributed by atoms with Crippen LogP contribution in [-0.4, -0.2) is 41.3 Å². The predicted molar refractivity (Wildman–Crippen MR) is 109 cm³/mol. The largest absolute Gasteiger partial charge is 0.370 e. The van der Waals surface area contributed by atoms with Gasteiger partial charge in [-0.3, -0.25) is 4.79 Å². The van der Waals surface area contributed by atoms with Crippen molar-refractivity contribution in [3.05, 3.63) is 54.1 Å². The minimum atomic E-state index is 0.0238. The number of benzene rings is 2. The van der Waals surface area contributed by atoms with Crippen molar-refractivity contribution in [1.29, 1.82) is 0 Å². The van der Waals surface area contributed by atoms with Crippen LogP contribution in [0.2, 0.25) is 0 Å². The highest BCUT2D eigenvalue weighted by Gasteiger charge is 2.08. The first-order valence-corrected chi connectivity index (χ1v) is 9.80. The fourth-order valence-electron chi connectivity index (χ4n) is 2.81. The van der Waals surface area contributed by atoms with E-state index in [0.717, 1.165) is 29.3 Å². The number of H-pyrrole nitrogens is 1. The highest BCUT2D eigenvalue weighted by Crippen LogP contribution is 2.19. The topological polar surface area (TPSA) is 61.0 Å². The summed E-state index contributed by atoms with van der Waals surface area (Å²) in [7, 11) is 0. The van der Waals surface area contributed by atoms with Crippen molar-refractivity contribution in [2.45, 2.75) is 19.0 Å². The summed E-state index contributed by atoms with van der Waals surface area (Å²) in [5.41, 5.74) is 4.35. The maximum Gasteiger partial charge on any atom is 0.230 e. The van der Waals surface area contributed by atoms with Gasteiger partial charge < -0.3 is 15.2 Å². The van der Waals surface area contributed by atoms with Crippen LogP contribution in [0.3, 0.4) is 0 Å². The Morgan fingerprint density at radius 1 is 1.23 bits per heavy atom. The first kappa shape index (κ1) is 18.3. The van der Waals surface area contributed by atoms with Crippen LogP contribution in [0.4, 0.5) is 5.69 Å². The predicted octanol–water partition coefficient (Wildman–Crippen LogP) is 3.61. The van der Waals surface area contributed by atoms with Gasteiger partial charge in [-0.05, 0) is 43.7 Å². The number of hydrogen-bond donors (Lipinski definition) is 2. The summed E-state index contributed by atoms with van der Waals surface area (Å²) < 4.78 is 0. The van der Waals surface area contributed by atoms with E-state index < -0.39 is 0 Å². The van der Waals surface area contributed by atoms with Gasteiger partial charge in [0.1, 0.15) is 0 Å². The van der Waals surface area contributed by atoms with Crippen LogP contribution in [0.15, 0.2) is 53.7 Å². The first-order chi connectivity index (χ1) is 12.7. The Morgan fingerprint density at radius 3 is 2.85 bits per heavy atom. The second kappa shape index (κ2) is 8.76. The van der Waals surface area contributed by atoms with Crippen LogP contribution < -0.4 is 10.2 Å². The number of imidazole rings is 1. The minimum absolute atomic E-state index is 0.0238. The van der Waals surface area contributed by atoms with Crippen molar-refractivity contribution >= 4 is 34.4 Å². The third kappa shape index (κ3) is 4.79. The lowest BCUT2D eigenvalue weighted by molar-refractivity contribution is -0.118. The highest BCUT2D eigenvalue weighted by atomic mass is 32.2. The van der Waals surface area contributed by atoms with Gasteiger partial charge in [0.15, 0.2) is 5.16 Å². The fraction of sp³-hybridized carbons (Fsp3) is 0.300. The molecule has 0 aliphatic carbocycles. The number of aromatic nitrogens is 2. The quantitative estimate of drug-likeness (QED) is 0.596. The number of para-hydroxylation sites is 2. The maximum absolute atomic E-state index is 12.1. The Balaban J connectivity index is 1.44. The van der Waals surface area contributed by atoms with E-state index in [1.807, 2.05) is 24.3 Å². The zero-order valence-corrected chi connectivity index (χ0v) is 16.0. The van der Waals surface area contributed by atoms with Crippen molar-refractivity contribution in [3.63, 3.8) is 0 Å². The molecule has 0 saturated carbocycles. The summed E-state index contributed by atoms with van der Waals surface area (Å²) in [6, 6.07) is 16.3. The van der Waals surface area contributed by atoms with E-state index in [0.29, 0.717) is 12.3 Å². The van der Waals surface area contributed by atoms with Crippen LogP contribution in [0.1, 0.15) is 12.5 Å². The lowest BCUT2D eigenvalue weighted by Crippen LogP contribution is -2.35. The Hall–Kier alpha value is -2.47. The second-order valence-electron chi connectivity index (χ2n) is 6.12. The molecule has 0 bridgehead atoms. The number of aryl methyl sites for hydroxylation is 1. The monoisotopic (exact) mass is 368 g/mol. The Labute approximate surface area is 158 Å². The van der Waals surface area contributed by atoms with Crippen LogP contribution in [0.25, 0.3) is 11.0 Å². The number of rotatable bonds is 8. The van der Waals surface area contributed by atoms with Crippen LogP contribution in [0.5, 0.6) is 0 Å². The van der Waals surface area contributed by atoms with E-state index in [-0.39, 0.29) is 5.91 Å². The number of fused-ring (bicyclic) bond motifs is 1. The van der Waals surface area contributed by atoms with Crippen molar-refractivity contribution in [2.24, 2.45) is 0 Å². The number of amides is 1. The van der Waals surface area contributed by atoms with E-state index in [2.05, 4.69) is 58.3 Å². The summed E-state index contributed by atoms with van der Waals surface area (Å²) in [5.74, 6) is 0.381. The standard InChI is InChI=1S/C20H24N4OS/c1-3-24(16-8-6-7-15(2)13-16)12-11-21-19(25)14-26-20-22-17-9-4-5-10-18(17)23-20/h4-10,13H,3,11-12,14H2,1-2H3,(H,21,25)(H,22,23). The molecular formula is C20H24N4OS. The third-order valence-corrected chi connectivity index (χ3v) is 5.03. The molecule has 0 radical (unpaired) electrons. The zero-order valence-electron chi connectivity index (χ0n) is 15.2. The van der Waals surface area contributed by atoms with E-state index in [1.54, 1.807) is 0 Å². The molecule has 0 spiro atoms. The summed E-state index contributed by atoms with van der Waals surface area (Å²) in [5, 5.41) is 3.77. The van der Waals surface area contributed by atoms with Gasteiger partial charge in [0.05, 0.1) is 16.8 Å². The number of nitrogens with zero attached hydrogens (tertiary/aromatic N) is 2. The summed E-state index contributed by atoms with van der Waals surface area (Å²) >= 11 is 1.42.